The summed E-state index contributed by atoms with van der Waals surface area (Å²) >= 11 is 0. The highest BCUT2D eigenvalue weighted by molar-refractivity contribution is 5.92. The lowest BCUT2D eigenvalue weighted by Gasteiger charge is -2.24. The summed E-state index contributed by atoms with van der Waals surface area (Å²) in [5, 5.41) is 6.69. The number of amides is 2. The van der Waals surface area contributed by atoms with Crippen molar-refractivity contribution in [2.45, 2.75) is 51.2 Å². The van der Waals surface area contributed by atoms with Crippen LogP contribution >= 0.6 is 0 Å². The van der Waals surface area contributed by atoms with E-state index in [2.05, 4.69) is 10.5 Å². The second-order valence-electron chi connectivity index (χ2n) is 6.90. The van der Waals surface area contributed by atoms with Crippen molar-refractivity contribution in [3.8, 4) is 0 Å². The van der Waals surface area contributed by atoms with Crippen molar-refractivity contribution in [2.24, 2.45) is 0 Å². The molecule has 2 unspecified atom stereocenters. The zero-order valence-corrected chi connectivity index (χ0v) is 15.2. The molecule has 1 N–H and O–H groups in total. The second kappa shape index (κ2) is 9.14. The lowest BCUT2D eigenvalue weighted by Crippen LogP contribution is -2.40. The monoisotopic (exact) mass is 365 g/mol. The van der Waals surface area contributed by atoms with Crippen molar-refractivity contribution in [3.63, 3.8) is 0 Å². The minimum Gasteiger partial charge on any atom is -0.376 e. The lowest BCUT2D eigenvalue weighted by molar-refractivity contribution is -0.121. The van der Waals surface area contributed by atoms with Gasteiger partial charge in [0.2, 0.25) is 5.91 Å². The summed E-state index contributed by atoms with van der Waals surface area (Å²) < 4.78 is 16.1. The molecular formula is C18H27N3O5. The molecule has 2 fully saturated rings. The molecule has 0 bridgehead atoms. The minimum atomic E-state index is -0.232. The highest BCUT2D eigenvalue weighted by Crippen LogP contribution is 2.16. The SMILES string of the molecule is Cc1cc(C(=O)N(CCC(=O)NCC2CCCO2)CC2CCCO2)no1. The zero-order valence-electron chi connectivity index (χ0n) is 15.2. The van der Waals surface area contributed by atoms with Crippen LogP contribution in [0.15, 0.2) is 10.6 Å². The Morgan fingerprint density at radius 2 is 1.96 bits per heavy atom. The second-order valence-corrected chi connectivity index (χ2v) is 6.90. The molecule has 2 amide bonds. The van der Waals surface area contributed by atoms with E-state index in [4.69, 9.17) is 14.0 Å². The molecule has 3 heterocycles. The maximum atomic E-state index is 12.7. The summed E-state index contributed by atoms with van der Waals surface area (Å²) in [6, 6.07) is 1.61. The van der Waals surface area contributed by atoms with E-state index in [1.807, 2.05) is 0 Å². The molecule has 0 saturated carbocycles. The maximum absolute atomic E-state index is 12.7. The molecule has 144 valence electrons. The summed E-state index contributed by atoms with van der Waals surface area (Å²) in [5.74, 6) is 0.269. The molecule has 2 aliphatic rings. The third-order valence-electron chi connectivity index (χ3n) is 4.74. The van der Waals surface area contributed by atoms with Crippen LogP contribution in [-0.2, 0) is 14.3 Å². The average Bonchev–Trinajstić information content (AvgIpc) is 3.38. The molecule has 2 aliphatic heterocycles. The van der Waals surface area contributed by atoms with E-state index in [1.165, 1.54) is 0 Å². The predicted octanol–water partition coefficient (Wildman–Crippen LogP) is 1.29. The van der Waals surface area contributed by atoms with E-state index >= 15 is 0 Å². The van der Waals surface area contributed by atoms with Crippen LogP contribution in [0.5, 0.6) is 0 Å². The Kier molecular flexibility index (Phi) is 6.62. The van der Waals surface area contributed by atoms with Gasteiger partial charge in [0.1, 0.15) is 5.76 Å². The first-order valence-electron chi connectivity index (χ1n) is 9.34. The number of ether oxygens (including phenoxy) is 2. The van der Waals surface area contributed by atoms with E-state index in [-0.39, 0.29) is 36.1 Å². The third kappa shape index (κ3) is 5.28. The van der Waals surface area contributed by atoms with Gasteiger partial charge >= 0.3 is 0 Å². The molecule has 26 heavy (non-hydrogen) atoms. The first kappa shape index (κ1) is 18.8. The molecule has 3 rings (SSSR count). The van der Waals surface area contributed by atoms with Crippen molar-refractivity contribution < 1.29 is 23.6 Å². The number of nitrogens with one attached hydrogen (secondary N) is 1. The Morgan fingerprint density at radius 1 is 1.23 bits per heavy atom. The van der Waals surface area contributed by atoms with Gasteiger partial charge in [-0.05, 0) is 32.6 Å². The number of carbonyl (C=O) groups is 2. The van der Waals surface area contributed by atoms with Crippen LogP contribution in [0.4, 0.5) is 0 Å². The predicted molar refractivity (Wildman–Crippen MR) is 92.7 cm³/mol. The first-order chi connectivity index (χ1) is 12.6. The van der Waals surface area contributed by atoms with Crippen molar-refractivity contribution in [2.75, 3.05) is 32.8 Å². The third-order valence-corrected chi connectivity index (χ3v) is 4.74. The number of aromatic nitrogens is 1. The van der Waals surface area contributed by atoms with Crippen LogP contribution in [0.3, 0.4) is 0 Å². The van der Waals surface area contributed by atoms with Crippen molar-refractivity contribution in [3.05, 3.63) is 17.5 Å². The van der Waals surface area contributed by atoms with Gasteiger partial charge in [0.05, 0.1) is 12.2 Å². The average molecular weight is 365 g/mol. The van der Waals surface area contributed by atoms with Crippen LogP contribution in [0, 0.1) is 6.92 Å². The molecular weight excluding hydrogens is 338 g/mol. The van der Waals surface area contributed by atoms with Crippen molar-refractivity contribution in [1.29, 1.82) is 0 Å². The lowest BCUT2D eigenvalue weighted by atomic mass is 10.2. The van der Waals surface area contributed by atoms with Crippen LogP contribution in [0.2, 0.25) is 0 Å². The smallest absolute Gasteiger partial charge is 0.276 e. The summed E-state index contributed by atoms with van der Waals surface area (Å²) in [5.41, 5.74) is 0.264. The Balaban J connectivity index is 1.52. The van der Waals surface area contributed by atoms with Crippen molar-refractivity contribution in [1.82, 2.24) is 15.4 Å². The molecule has 8 nitrogen and oxygen atoms in total. The quantitative estimate of drug-likeness (QED) is 0.746. The summed E-state index contributed by atoms with van der Waals surface area (Å²) in [6.45, 7) is 4.54. The molecule has 2 atom stereocenters. The Bertz CT molecular complexity index is 606. The van der Waals surface area contributed by atoms with Gasteiger partial charge in [0.15, 0.2) is 5.69 Å². The molecule has 0 radical (unpaired) electrons. The van der Waals surface area contributed by atoms with E-state index in [9.17, 15) is 9.59 Å². The molecule has 0 aliphatic carbocycles. The molecule has 2 saturated heterocycles. The van der Waals surface area contributed by atoms with Crippen LogP contribution in [0.1, 0.15) is 48.4 Å². The van der Waals surface area contributed by atoms with Gasteiger partial charge in [-0.25, -0.2) is 0 Å². The molecule has 1 aromatic rings. The van der Waals surface area contributed by atoms with Gasteiger partial charge in [-0.2, -0.15) is 0 Å². The van der Waals surface area contributed by atoms with Gasteiger partial charge < -0.3 is 24.2 Å². The largest absolute Gasteiger partial charge is 0.376 e. The van der Waals surface area contributed by atoms with Gasteiger partial charge in [-0.15, -0.1) is 0 Å². The van der Waals surface area contributed by atoms with Crippen LogP contribution in [-0.4, -0.2) is 66.9 Å². The van der Waals surface area contributed by atoms with Gasteiger partial charge in [0, 0.05) is 45.3 Å². The topological polar surface area (TPSA) is 93.9 Å². The van der Waals surface area contributed by atoms with E-state index in [0.29, 0.717) is 25.4 Å². The molecule has 0 aromatic carbocycles. The number of hydrogen-bond acceptors (Lipinski definition) is 6. The summed E-state index contributed by atoms with van der Waals surface area (Å²) in [4.78, 5) is 26.5. The molecule has 1 aromatic heterocycles. The zero-order chi connectivity index (χ0) is 18.4. The van der Waals surface area contributed by atoms with Crippen molar-refractivity contribution >= 4 is 11.8 Å². The summed E-state index contributed by atoms with van der Waals surface area (Å²) in [7, 11) is 0. The molecule has 0 spiro atoms. The highest BCUT2D eigenvalue weighted by atomic mass is 16.5. The first-order valence-corrected chi connectivity index (χ1v) is 9.34. The van der Waals surface area contributed by atoms with Gasteiger partial charge in [-0.1, -0.05) is 5.16 Å². The fourth-order valence-corrected chi connectivity index (χ4v) is 3.30. The Labute approximate surface area is 153 Å². The fraction of sp³-hybridized carbons (Fsp3) is 0.722. The van der Waals surface area contributed by atoms with Crippen LogP contribution in [0.25, 0.3) is 0 Å². The number of hydrogen-bond donors (Lipinski definition) is 1. The van der Waals surface area contributed by atoms with E-state index in [0.717, 1.165) is 38.9 Å². The number of nitrogens with zero attached hydrogens (tertiary/aromatic N) is 2. The Hall–Kier alpha value is -1.93. The van der Waals surface area contributed by atoms with Crippen LogP contribution < -0.4 is 5.32 Å². The number of carbonyl (C=O) groups excluding carboxylic acids is 2. The number of aryl methyl sites for hydroxylation is 1. The summed E-state index contributed by atoms with van der Waals surface area (Å²) in [6.07, 6.45) is 4.31. The van der Waals surface area contributed by atoms with E-state index in [1.54, 1.807) is 17.9 Å². The van der Waals surface area contributed by atoms with E-state index < -0.39 is 0 Å². The highest BCUT2D eigenvalue weighted by Gasteiger charge is 2.26. The Morgan fingerprint density at radius 3 is 2.58 bits per heavy atom. The standard InChI is InChI=1S/C18H27N3O5/c1-13-10-16(20-26-13)18(23)21(12-15-5-3-9-25-15)7-6-17(22)19-11-14-4-2-8-24-14/h10,14-15H,2-9,11-12H2,1H3,(H,19,22). The molecule has 8 heteroatoms. The van der Waals surface area contributed by atoms with Gasteiger partial charge in [-0.3, -0.25) is 9.59 Å². The number of rotatable bonds is 8. The normalized spacial score (nSPS) is 22.5. The van der Waals surface area contributed by atoms with Gasteiger partial charge in [0.25, 0.3) is 5.91 Å². The minimum absolute atomic E-state index is 0.0156. The fourth-order valence-electron chi connectivity index (χ4n) is 3.30. The maximum Gasteiger partial charge on any atom is 0.276 e.